The van der Waals surface area contributed by atoms with Gasteiger partial charge in [0.25, 0.3) is 0 Å². The van der Waals surface area contributed by atoms with Gasteiger partial charge in [-0.15, -0.1) is 0 Å². The van der Waals surface area contributed by atoms with Crippen molar-refractivity contribution in [1.29, 1.82) is 0 Å². The summed E-state index contributed by atoms with van der Waals surface area (Å²) in [5.41, 5.74) is 0. The zero-order valence-electron chi connectivity index (χ0n) is 7.73. The number of unbranched alkanes of at least 4 members (excludes halogenated alkanes) is 2. The van der Waals surface area contributed by atoms with E-state index < -0.39 is 0 Å². The number of hydrogen-bond acceptors (Lipinski definition) is 0. The largest absolute Gasteiger partial charge is 0.108 e. The van der Waals surface area contributed by atoms with Crippen LogP contribution < -0.4 is 0 Å². The lowest BCUT2D eigenvalue weighted by Gasteiger charge is -1.99. The molecule has 0 unspecified atom stereocenters. The normalized spacial score (nSPS) is 9.55. The highest BCUT2D eigenvalue weighted by atomic mass is 14.1. The van der Waals surface area contributed by atoms with Crippen molar-refractivity contribution < 1.29 is 0 Å². The van der Waals surface area contributed by atoms with E-state index in [1.807, 2.05) is 6.08 Å². The average molecular weight is 152 g/mol. The lowest BCUT2D eigenvalue weighted by molar-refractivity contribution is 0.648. The van der Waals surface area contributed by atoms with Crippen molar-refractivity contribution in [3.63, 3.8) is 0 Å². The Balaban J connectivity index is 3.27. The van der Waals surface area contributed by atoms with E-state index in [1.54, 1.807) is 5.92 Å². The highest BCUT2D eigenvalue weighted by Crippen LogP contribution is 2.19. The van der Waals surface area contributed by atoms with Gasteiger partial charge in [0.05, 0.1) is 32.1 Å². The molecule has 0 fully saturated rings. The Bertz CT molecular complexity index is 84.0. The minimum atomic E-state index is 1.07. The lowest BCUT2D eigenvalue weighted by atomic mass is 9.95. The Kier molecular flexibility index (Phi) is 7.23. The van der Waals surface area contributed by atoms with E-state index in [0.29, 0.717) is 0 Å². The molecule has 0 atom stereocenters. The summed E-state index contributed by atoms with van der Waals surface area (Å²) in [5, 5.41) is 0. The third kappa shape index (κ3) is 5.90. The van der Waals surface area contributed by atoms with Crippen LogP contribution in [0.15, 0.2) is 12.7 Å². The molecule has 62 valence electrons. The molecule has 0 saturated heterocycles. The SMILES string of the molecule is C=CC[C+](CC)CCCC[CH2+]. The van der Waals surface area contributed by atoms with Crippen molar-refractivity contribution in [1.82, 2.24) is 0 Å². The van der Waals surface area contributed by atoms with E-state index in [4.69, 9.17) is 0 Å². The third-order valence-corrected chi connectivity index (χ3v) is 1.96. The maximum absolute atomic E-state index is 3.82. The fraction of sp³-hybridized carbons (Fsp3) is 0.636. The van der Waals surface area contributed by atoms with Gasteiger partial charge in [-0.05, 0) is 25.8 Å². The molecule has 0 heteroatoms. The molecule has 0 bridgehead atoms. The molecule has 0 aromatic heterocycles. The van der Waals surface area contributed by atoms with Crippen LogP contribution in [0.1, 0.15) is 45.4 Å². The summed E-state index contributed by atoms with van der Waals surface area (Å²) < 4.78 is 0. The van der Waals surface area contributed by atoms with E-state index in [9.17, 15) is 0 Å². The van der Waals surface area contributed by atoms with Gasteiger partial charge in [-0.2, -0.15) is 0 Å². The second-order valence-electron chi connectivity index (χ2n) is 2.91. The van der Waals surface area contributed by atoms with Crippen LogP contribution in [0, 0.1) is 12.8 Å². The first-order valence-electron chi connectivity index (χ1n) is 4.58. The monoisotopic (exact) mass is 152 g/mol. The number of hydrogen-bond donors (Lipinski definition) is 0. The maximum atomic E-state index is 3.82. The topological polar surface area (TPSA) is 0 Å². The first kappa shape index (κ1) is 10.5. The minimum absolute atomic E-state index is 1.07. The van der Waals surface area contributed by atoms with Gasteiger partial charge in [0.2, 0.25) is 0 Å². The molecular weight excluding hydrogens is 132 g/mol. The zero-order valence-corrected chi connectivity index (χ0v) is 7.73. The summed E-state index contributed by atoms with van der Waals surface area (Å²) in [6, 6.07) is 0. The van der Waals surface area contributed by atoms with Gasteiger partial charge in [0.15, 0.2) is 0 Å². The quantitative estimate of drug-likeness (QED) is 0.294. The molecule has 0 N–H and O–H groups in total. The van der Waals surface area contributed by atoms with Crippen molar-refractivity contribution in [3.05, 3.63) is 25.5 Å². The number of allylic oxidation sites excluding steroid dienone is 1. The Morgan fingerprint density at radius 3 is 2.64 bits per heavy atom. The van der Waals surface area contributed by atoms with Crippen LogP contribution in [-0.2, 0) is 0 Å². The summed E-state index contributed by atoms with van der Waals surface area (Å²) in [6.45, 7) is 9.79. The molecule has 0 aliphatic rings. The fourth-order valence-corrected chi connectivity index (χ4v) is 1.18. The first-order valence-corrected chi connectivity index (χ1v) is 4.58. The second kappa shape index (κ2) is 7.59. The van der Waals surface area contributed by atoms with Gasteiger partial charge in [-0.25, -0.2) is 0 Å². The van der Waals surface area contributed by atoms with Crippen LogP contribution in [0.3, 0.4) is 0 Å². The predicted octanol–water partition coefficient (Wildman–Crippen LogP) is 3.94. The van der Waals surface area contributed by atoms with E-state index in [-0.39, 0.29) is 0 Å². The molecule has 0 saturated carbocycles. The zero-order chi connectivity index (χ0) is 8.53. The van der Waals surface area contributed by atoms with Crippen molar-refractivity contribution >= 4 is 0 Å². The van der Waals surface area contributed by atoms with Gasteiger partial charge in [-0.1, -0.05) is 6.58 Å². The predicted molar refractivity (Wildman–Crippen MR) is 52.2 cm³/mol. The summed E-state index contributed by atoms with van der Waals surface area (Å²) in [5.74, 6) is 1.63. The van der Waals surface area contributed by atoms with Crippen molar-refractivity contribution in [2.45, 2.75) is 45.4 Å². The Morgan fingerprint density at radius 2 is 2.18 bits per heavy atom. The van der Waals surface area contributed by atoms with Crippen LogP contribution in [0.2, 0.25) is 0 Å². The first-order chi connectivity index (χ1) is 5.35. The van der Waals surface area contributed by atoms with Crippen molar-refractivity contribution in [2.24, 2.45) is 0 Å². The molecule has 0 rings (SSSR count). The van der Waals surface area contributed by atoms with Crippen LogP contribution in [0.4, 0.5) is 0 Å². The Labute approximate surface area is 71.7 Å². The van der Waals surface area contributed by atoms with Gasteiger partial charge in [0, 0.05) is 0 Å². The molecule has 0 radical (unpaired) electrons. The molecule has 0 nitrogen and oxygen atoms in total. The van der Waals surface area contributed by atoms with E-state index in [1.165, 1.54) is 25.7 Å². The Hall–Kier alpha value is -0.520. The van der Waals surface area contributed by atoms with E-state index in [0.717, 1.165) is 12.8 Å². The summed E-state index contributed by atoms with van der Waals surface area (Å²) in [6.07, 6.45) is 9.24. The van der Waals surface area contributed by atoms with Crippen LogP contribution in [-0.4, -0.2) is 0 Å². The van der Waals surface area contributed by atoms with Crippen molar-refractivity contribution in [3.8, 4) is 0 Å². The highest BCUT2D eigenvalue weighted by Gasteiger charge is 2.13. The molecule has 0 heterocycles. The van der Waals surface area contributed by atoms with Crippen molar-refractivity contribution in [2.75, 3.05) is 0 Å². The smallest absolute Gasteiger partial charge is 0.0989 e. The maximum Gasteiger partial charge on any atom is 0.108 e. The summed E-state index contributed by atoms with van der Waals surface area (Å²) in [7, 11) is 0. The molecule has 0 aliphatic carbocycles. The number of rotatable bonds is 7. The second-order valence-corrected chi connectivity index (χ2v) is 2.91. The van der Waals surface area contributed by atoms with E-state index in [2.05, 4.69) is 20.4 Å². The molecule has 0 amide bonds. The molecule has 0 aromatic rings. The van der Waals surface area contributed by atoms with Gasteiger partial charge < -0.3 is 0 Å². The molecule has 11 heavy (non-hydrogen) atoms. The summed E-state index contributed by atoms with van der Waals surface area (Å²) >= 11 is 0. The van der Waals surface area contributed by atoms with Crippen LogP contribution >= 0.6 is 0 Å². The minimum Gasteiger partial charge on any atom is -0.0989 e. The molecule has 0 aliphatic heterocycles. The van der Waals surface area contributed by atoms with Crippen LogP contribution in [0.25, 0.3) is 0 Å². The fourth-order valence-electron chi connectivity index (χ4n) is 1.18. The standard InChI is InChI=1S/C11H20/c1-4-7-8-10-11(6-3)9-5-2/h5H,1-2,4,6-10H2,3H3/q+2. The molecule has 0 spiro atoms. The van der Waals surface area contributed by atoms with Gasteiger partial charge in [0.1, 0.15) is 6.42 Å². The Morgan fingerprint density at radius 1 is 1.45 bits per heavy atom. The van der Waals surface area contributed by atoms with E-state index >= 15 is 0 Å². The summed E-state index contributed by atoms with van der Waals surface area (Å²) in [4.78, 5) is 0. The van der Waals surface area contributed by atoms with Gasteiger partial charge >= 0.3 is 0 Å². The van der Waals surface area contributed by atoms with Crippen LogP contribution in [0.5, 0.6) is 0 Å². The lowest BCUT2D eigenvalue weighted by Crippen LogP contribution is -1.93. The van der Waals surface area contributed by atoms with Gasteiger partial charge in [-0.3, -0.25) is 0 Å². The molecule has 0 aromatic carbocycles. The molecular formula is C11H20+2. The average Bonchev–Trinajstić information content (AvgIpc) is 2.03. The third-order valence-electron chi connectivity index (χ3n) is 1.96. The highest BCUT2D eigenvalue weighted by molar-refractivity contribution is 4.94.